The van der Waals surface area contributed by atoms with Crippen LogP contribution in [0.4, 0.5) is 0 Å². The summed E-state index contributed by atoms with van der Waals surface area (Å²) < 4.78 is 1.03. The number of amides is 1. The van der Waals surface area contributed by atoms with E-state index in [0.717, 1.165) is 20.9 Å². The number of nitrogens with one attached hydrogen (secondary N) is 2. The summed E-state index contributed by atoms with van der Waals surface area (Å²) >= 11 is 3.52. The summed E-state index contributed by atoms with van der Waals surface area (Å²) in [5, 5.41) is 6.97. The Balaban J connectivity index is 2.09. The normalized spacial score (nSPS) is 10.6. The van der Waals surface area contributed by atoms with Crippen molar-refractivity contribution in [3.05, 3.63) is 40.5 Å². The Hall–Kier alpha value is -1.46. The molecule has 2 rings (SSSR count). The number of pyridine rings is 1. The number of aromatic nitrogens is 1. The van der Waals surface area contributed by atoms with Crippen molar-refractivity contribution < 1.29 is 4.79 Å². The van der Waals surface area contributed by atoms with Gasteiger partial charge in [-0.3, -0.25) is 9.78 Å². The lowest BCUT2D eigenvalue weighted by Gasteiger charge is -2.08. The molecule has 4 nitrogen and oxygen atoms in total. The van der Waals surface area contributed by atoms with Crippen LogP contribution in [0.2, 0.25) is 0 Å². The monoisotopic (exact) mass is 321 g/mol. The number of nitrogens with zero attached hydrogens (tertiary/aromatic N) is 1. The Morgan fingerprint density at radius 3 is 3.00 bits per heavy atom. The van der Waals surface area contributed by atoms with E-state index < -0.39 is 0 Å². The molecular weight excluding hydrogens is 306 g/mol. The summed E-state index contributed by atoms with van der Waals surface area (Å²) in [5.41, 5.74) is 2.04. The molecule has 0 radical (unpaired) electrons. The van der Waals surface area contributed by atoms with E-state index in [9.17, 15) is 4.79 Å². The number of hydrogen-bond acceptors (Lipinski definition) is 3. The van der Waals surface area contributed by atoms with Crippen LogP contribution in [-0.2, 0) is 11.3 Å². The SMILES string of the molecule is CCNC(=O)CNCc1ccc(Br)c2cccnc12. The second kappa shape index (κ2) is 6.63. The van der Waals surface area contributed by atoms with Crippen molar-refractivity contribution in [1.29, 1.82) is 0 Å². The second-order valence-electron chi connectivity index (χ2n) is 4.16. The second-order valence-corrected chi connectivity index (χ2v) is 5.02. The number of fused-ring (bicyclic) bond motifs is 1. The van der Waals surface area contributed by atoms with Crippen LogP contribution in [0.5, 0.6) is 0 Å². The van der Waals surface area contributed by atoms with Gasteiger partial charge in [0.2, 0.25) is 5.91 Å². The standard InChI is InChI=1S/C14H16BrN3O/c1-2-17-13(19)9-16-8-10-5-6-12(15)11-4-3-7-18-14(10)11/h3-7,16H,2,8-9H2,1H3,(H,17,19). The summed E-state index contributed by atoms with van der Waals surface area (Å²) in [6.45, 7) is 3.50. The van der Waals surface area contributed by atoms with E-state index in [1.54, 1.807) is 6.20 Å². The fraction of sp³-hybridized carbons (Fsp3) is 0.286. The van der Waals surface area contributed by atoms with Gasteiger partial charge < -0.3 is 10.6 Å². The summed E-state index contributed by atoms with van der Waals surface area (Å²) in [4.78, 5) is 15.8. The van der Waals surface area contributed by atoms with Crippen LogP contribution >= 0.6 is 15.9 Å². The largest absolute Gasteiger partial charge is 0.355 e. The summed E-state index contributed by atoms with van der Waals surface area (Å²) in [6, 6.07) is 7.97. The van der Waals surface area contributed by atoms with E-state index in [4.69, 9.17) is 0 Å². The van der Waals surface area contributed by atoms with Gasteiger partial charge in [-0.05, 0) is 24.6 Å². The van der Waals surface area contributed by atoms with Crippen molar-refractivity contribution in [1.82, 2.24) is 15.6 Å². The predicted octanol–water partition coefficient (Wildman–Crippen LogP) is 2.22. The molecule has 0 aliphatic heterocycles. The summed E-state index contributed by atoms with van der Waals surface area (Å²) in [6.07, 6.45) is 1.78. The molecule has 1 amide bonds. The smallest absolute Gasteiger partial charge is 0.233 e. The van der Waals surface area contributed by atoms with E-state index in [-0.39, 0.29) is 5.91 Å². The molecule has 0 fully saturated rings. The van der Waals surface area contributed by atoms with Crippen LogP contribution in [0.15, 0.2) is 34.9 Å². The van der Waals surface area contributed by atoms with Crippen LogP contribution in [0, 0.1) is 0 Å². The number of halogens is 1. The average Bonchev–Trinajstić information content (AvgIpc) is 2.42. The van der Waals surface area contributed by atoms with Gasteiger partial charge in [0.05, 0.1) is 12.1 Å². The van der Waals surface area contributed by atoms with E-state index in [0.29, 0.717) is 19.6 Å². The van der Waals surface area contributed by atoms with Crippen LogP contribution in [0.1, 0.15) is 12.5 Å². The van der Waals surface area contributed by atoms with Gasteiger partial charge in [-0.2, -0.15) is 0 Å². The Morgan fingerprint density at radius 1 is 1.37 bits per heavy atom. The van der Waals surface area contributed by atoms with Crippen LogP contribution in [-0.4, -0.2) is 24.0 Å². The van der Waals surface area contributed by atoms with Crippen molar-refractivity contribution in [3.8, 4) is 0 Å². The topological polar surface area (TPSA) is 54.0 Å². The number of rotatable bonds is 5. The van der Waals surface area contributed by atoms with Crippen molar-refractivity contribution >= 4 is 32.7 Å². The lowest BCUT2D eigenvalue weighted by Crippen LogP contribution is -2.33. The third-order valence-electron chi connectivity index (χ3n) is 2.77. The highest BCUT2D eigenvalue weighted by Gasteiger charge is 2.06. The van der Waals surface area contributed by atoms with Gasteiger partial charge >= 0.3 is 0 Å². The Bertz CT molecular complexity index is 586. The Labute approximate surface area is 120 Å². The third kappa shape index (κ3) is 3.52. The van der Waals surface area contributed by atoms with Crippen molar-refractivity contribution in [2.75, 3.05) is 13.1 Å². The van der Waals surface area contributed by atoms with Gasteiger partial charge in [0.25, 0.3) is 0 Å². The first-order valence-corrected chi connectivity index (χ1v) is 7.01. The maximum atomic E-state index is 11.4. The molecular formula is C14H16BrN3O. The van der Waals surface area contributed by atoms with Crippen LogP contribution < -0.4 is 10.6 Å². The van der Waals surface area contributed by atoms with Crippen molar-refractivity contribution in [2.24, 2.45) is 0 Å². The molecule has 0 unspecified atom stereocenters. The maximum absolute atomic E-state index is 11.4. The lowest BCUT2D eigenvalue weighted by molar-refractivity contribution is -0.120. The quantitative estimate of drug-likeness (QED) is 0.887. The highest BCUT2D eigenvalue weighted by Crippen LogP contribution is 2.24. The average molecular weight is 322 g/mol. The van der Waals surface area contributed by atoms with Gasteiger partial charge in [-0.1, -0.05) is 28.1 Å². The first-order valence-electron chi connectivity index (χ1n) is 6.22. The highest BCUT2D eigenvalue weighted by molar-refractivity contribution is 9.10. The molecule has 0 atom stereocenters. The Morgan fingerprint density at radius 2 is 2.21 bits per heavy atom. The third-order valence-corrected chi connectivity index (χ3v) is 3.47. The van der Waals surface area contributed by atoms with E-state index in [1.165, 1.54) is 0 Å². The lowest BCUT2D eigenvalue weighted by atomic mass is 10.1. The first kappa shape index (κ1) is 14.0. The van der Waals surface area contributed by atoms with E-state index in [2.05, 4.69) is 31.5 Å². The maximum Gasteiger partial charge on any atom is 0.233 e. The minimum absolute atomic E-state index is 0.0110. The molecule has 0 saturated heterocycles. The molecule has 1 aromatic heterocycles. The van der Waals surface area contributed by atoms with Gasteiger partial charge in [-0.15, -0.1) is 0 Å². The Kier molecular flexibility index (Phi) is 4.87. The molecule has 1 aromatic carbocycles. The summed E-state index contributed by atoms with van der Waals surface area (Å²) in [7, 11) is 0. The molecule has 0 bridgehead atoms. The van der Waals surface area contributed by atoms with Gasteiger partial charge in [0.1, 0.15) is 0 Å². The number of carbonyl (C=O) groups is 1. The first-order chi connectivity index (χ1) is 9.22. The molecule has 2 aromatic rings. The zero-order valence-electron chi connectivity index (χ0n) is 10.7. The van der Waals surface area contributed by atoms with Crippen LogP contribution in [0.25, 0.3) is 10.9 Å². The molecule has 0 saturated carbocycles. The van der Waals surface area contributed by atoms with Gasteiger partial charge in [-0.25, -0.2) is 0 Å². The van der Waals surface area contributed by atoms with E-state index in [1.807, 2.05) is 31.2 Å². The number of carbonyl (C=O) groups excluding carboxylic acids is 1. The predicted molar refractivity (Wildman–Crippen MR) is 79.8 cm³/mol. The minimum atomic E-state index is 0.0110. The number of benzene rings is 1. The number of likely N-dealkylation sites (N-methyl/N-ethyl adjacent to an activating group) is 1. The fourth-order valence-corrected chi connectivity index (χ4v) is 2.36. The van der Waals surface area contributed by atoms with Crippen LogP contribution in [0.3, 0.4) is 0 Å². The van der Waals surface area contributed by atoms with E-state index >= 15 is 0 Å². The zero-order valence-corrected chi connectivity index (χ0v) is 12.3. The molecule has 0 spiro atoms. The molecule has 1 heterocycles. The highest BCUT2D eigenvalue weighted by atomic mass is 79.9. The van der Waals surface area contributed by atoms with Crippen molar-refractivity contribution in [2.45, 2.75) is 13.5 Å². The minimum Gasteiger partial charge on any atom is -0.355 e. The van der Waals surface area contributed by atoms with Gasteiger partial charge in [0, 0.05) is 29.1 Å². The van der Waals surface area contributed by atoms with Gasteiger partial charge in [0.15, 0.2) is 0 Å². The molecule has 2 N–H and O–H groups in total. The zero-order chi connectivity index (χ0) is 13.7. The molecule has 5 heteroatoms. The molecule has 100 valence electrons. The molecule has 0 aliphatic carbocycles. The van der Waals surface area contributed by atoms with Crippen molar-refractivity contribution in [3.63, 3.8) is 0 Å². The molecule has 19 heavy (non-hydrogen) atoms. The summed E-state index contributed by atoms with van der Waals surface area (Å²) in [5.74, 6) is 0.0110. The molecule has 0 aliphatic rings. The fourth-order valence-electron chi connectivity index (χ4n) is 1.91. The number of hydrogen-bond donors (Lipinski definition) is 2.